The summed E-state index contributed by atoms with van der Waals surface area (Å²) in [5, 5.41) is 6.08. The van der Waals surface area contributed by atoms with Crippen LogP contribution in [0.3, 0.4) is 0 Å². The van der Waals surface area contributed by atoms with Crippen molar-refractivity contribution in [2.24, 2.45) is 0 Å². The molecule has 0 atom stereocenters. The summed E-state index contributed by atoms with van der Waals surface area (Å²) in [6.07, 6.45) is 1.95. The molecule has 0 aliphatic heterocycles. The van der Waals surface area contributed by atoms with Gasteiger partial charge in [0.25, 0.3) is 0 Å². The highest BCUT2D eigenvalue weighted by Gasteiger charge is 2.13. The molecule has 8 aromatic carbocycles. The lowest BCUT2D eigenvalue weighted by Gasteiger charge is -2.12. The van der Waals surface area contributed by atoms with Crippen molar-refractivity contribution in [1.29, 1.82) is 0 Å². The molecule has 0 N–H and O–H groups in total. The van der Waals surface area contributed by atoms with E-state index in [0.717, 1.165) is 55.7 Å². The average Bonchev–Trinajstić information content (AvgIpc) is 3.26. The summed E-state index contributed by atoms with van der Waals surface area (Å²) in [7, 11) is 0. The highest BCUT2D eigenvalue weighted by atomic mass is 14.9. The van der Waals surface area contributed by atoms with Crippen LogP contribution in [-0.4, -0.2) is 15.0 Å². The van der Waals surface area contributed by atoms with Crippen molar-refractivity contribution >= 4 is 32.4 Å². The first-order valence-electron chi connectivity index (χ1n) is 18.3. The maximum atomic E-state index is 5.18. The minimum atomic E-state index is 0.688. The molecule has 0 saturated carbocycles. The van der Waals surface area contributed by atoms with Gasteiger partial charge in [-0.25, -0.2) is 9.97 Å². The molecule has 0 unspecified atom stereocenters. The summed E-state index contributed by atoms with van der Waals surface area (Å²) >= 11 is 0. The maximum Gasteiger partial charge on any atom is 0.160 e. The van der Waals surface area contributed by atoms with Gasteiger partial charge in [0.1, 0.15) is 0 Å². The Morgan fingerprint density at radius 1 is 0.296 bits per heavy atom. The van der Waals surface area contributed by atoms with Gasteiger partial charge in [-0.2, -0.15) is 0 Å². The van der Waals surface area contributed by atoms with Gasteiger partial charge >= 0.3 is 0 Å². The lowest BCUT2D eigenvalue weighted by molar-refractivity contribution is 1.18. The van der Waals surface area contributed by atoms with Crippen LogP contribution < -0.4 is 0 Å². The van der Waals surface area contributed by atoms with Crippen LogP contribution >= 0.6 is 0 Å². The number of pyridine rings is 1. The second-order valence-electron chi connectivity index (χ2n) is 13.7. The first-order chi connectivity index (χ1) is 26.7. The van der Waals surface area contributed by atoms with Crippen molar-refractivity contribution in [2.75, 3.05) is 0 Å². The molecule has 54 heavy (non-hydrogen) atoms. The Morgan fingerprint density at radius 2 is 0.741 bits per heavy atom. The van der Waals surface area contributed by atoms with Gasteiger partial charge in [0.2, 0.25) is 0 Å². The second kappa shape index (κ2) is 13.4. The zero-order valence-corrected chi connectivity index (χ0v) is 29.4. The molecule has 0 spiro atoms. The van der Waals surface area contributed by atoms with E-state index in [0.29, 0.717) is 5.82 Å². The molecular formula is C51H33N3. The number of hydrogen-bond acceptors (Lipinski definition) is 3. The van der Waals surface area contributed by atoms with E-state index >= 15 is 0 Å². The number of rotatable bonds is 6. The SMILES string of the molecule is c1ccc2ncc(-c3ccc(-c4cc(-c5ccc(-c6cccc7ccccc67)cc5)nc(-c5ccc(-c6cccc7ccccc67)cc5)n4)cc3)cc2c1. The third-order valence-corrected chi connectivity index (χ3v) is 10.4. The van der Waals surface area contributed by atoms with Gasteiger partial charge in [0, 0.05) is 33.8 Å². The molecule has 10 rings (SSSR count). The Bertz CT molecular complexity index is 2810. The highest BCUT2D eigenvalue weighted by Crippen LogP contribution is 2.34. The summed E-state index contributed by atoms with van der Waals surface area (Å²) in [4.78, 5) is 15.0. The fourth-order valence-corrected chi connectivity index (χ4v) is 7.51. The van der Waals surface area contributed by atoms with Crippen LogP contribution in [0.5, 0.6) is 0 Å². The minimum absolute atomic E-state index is 0.688. The largest absolute Gasteiger partial charge is 0.256 e. The van der Waals surface area contributed by atoms with Gasteiger partial charge in [-0.1, -0.05) is 176 Å². The molecule has 0 aliphatic rings. The van der Waals surface area contributed by atoms with E-state index in [1.54, 1.807) is 0 Å². The number of fused-ring (bicyclic) bond motifs is 3. The Balaban J connectivity index is 1.04. The average molecular weight is 688 g/mol. The van der Waals surface area contributed by atoms with Crippen LogP contribution in [0.4, 0.5) is 0 Å². The van der Waals surface area contributed by atoms with Crippen molar-refractivity contribution in [3.63, 3.8) is 0 Å². The molecule has 0 aliphatic carbocycles. The Labute approximate surface area is 313 Å². The lowest BCUT2D eigenvalue weighted by atomic mass is 9.96. The molecule has 2 heterocycles. The minimum Gasteiger partial charge on any atom is -0.256 e. The quantitative estimate of drug-likeness (QED) is 0.175. The van der Waals surface area contributed by atoms with Crippen LogP contribution in [0.2, 0.25) is 0 Å². The van der Waals surface area contributed by atoms with E-state index in [-0.39, 0.29) is 0 Å². The van der Waals surface area contributed by atoms with Crippen molar-refractivity contribution < 1.29 is 0 Å². The monoisotopic (exact) mass is 687 g/mol. The zero-order chi connectivity index (χ0) is 35.8. The van der Waals surface area contributed by atoms with Crippen molar-refractivity contribution in [3.05, 3.63) is 200 Å². The molecular weight excluding hydrogens is 655 g/mol. The van der Waals surface area contributed by atoms with Gasteiger partial charge in [-0.3, -0.25) is 4.98 Å². The van der Waals surface area contributed by atoms with Crippen molar-refractivity contribution in [1.82, 2.24) is 15.0 Å². The molecule has 0 fully saturated rings. The topological polar surface area (TPSA) is 38.7 Å². The fourth-order valence-electron chi connectivity index (χ4n) is 7.51. The van der Waals surface area contributed by atoms with Crippen molar-refractivity contribution in [3.8, 4) is 67.3 Å². The van der Waals surface area contributed by atoms with Crippen LogP contribution in [0.15, 0.2) is 200 Å². The summed E-state index contributed by atoms with van der Waals surface area (Å²) in [6.45, 7) is 0. The molecule has 3 heteroatoms. The molecule has 10 aromatic rings. The van der Waals surface area contributed by atoms with Crippen LogP contribution in [0, 0.1) is 0 Å². The molecule has 0 saturated heterocycles. The third kappa shape index (κ3) is 5.88. The maximum absolute atomic E-state index is 5.18. The summed E-state index contributed by atoms with van der Waals surface area (Å²) < 4.78 is 0. The fraction of sp³-hybridized carbons (Fsp3) is 0. The first kappa shape index (κ1) is 31.5. The predicted molar refractivity (Wildman–Crippen MR) is 225 cm³/mol. The predicted octanol–water partition coefficient (Wildman–Crippen LogP) is 13.3. The van der Waals surface area contributed by atoms with Crippen molar-refractivity contribution in [2.45, 2.75) is 0 Å². The number of benzene rings is 8. The molecule has 0 radical (unpaired) electrons. The van der Waals surface area contributed by atoms with E-state index in [1.807, 2.05) is 18.3 Å². The summed E-state index contributed by atoms with van der Waals surface area (Å²) in [5.74, 6) is 0.688. The van der Waals surface area contributed by atoms with E-state index in [4.69, 9.17) is 9.97 Å². The standard InChI is InChI=1S/C51H33N3/c1-4-14-44-35(9-1)12-7-16-46(44)37-21-27-40(28-22-37)50-32-49(39-25-19-34(20-26-39)43-31-42-11-3-6-18-48(42)52-33-43)53-51(54-50)41-29-23-38(24-30-41)47-17-8-13-36-10-2-5-15-45(36)47/h1-33H. The Kier molecular flexibility index (Phi) is 7.81. The number of para-hydroxylation sites is 1. The van der Waals surface area contributed by atoms with E-state index in [9.17, 15) is 0 Å². The van der Waals surface area contributed by atoms with E-state index < -0.39 is 0 Å². The van der Waals surface area contributed by atoms with Gasteiger partial charge in [0.15, 0.2) is 5.82 Å². The van der Waals surface area contributed by atoms with Crippen LogP contribution in [0.25, 0.3) is 99.7 Å². The molecule has 3 nitrogen and oxygen atoms in total. The van der Waals surface area contributed by atoms with Crippen LogP contribution in [-0.2, 0) is 0 Å². The van der Waals surface area contributed by atoms with Gasteiger partial charge in [-0.05, 0) is 67.6 Å². The van der Waals surface area contributed by atoms with Crippen LogP contribution in [0.1, 0.15) is 0 Å². The molecule has 252 valence electrons. The molecule has 0 amide bonds. The lowest BCUT2D eigenvalue weighted by Crippen LogP contribution is -1.96. The third-order valence-electron chi connectivity index (χ3n) is 10.4. The van der Waals surface area contributed by atoms with E-state index in [2.05, 4.69) is 187 Å². The summed E-state index contributed by atoms with van der Waals surface area (Å²) in [6, 6.07) is 68.5. The highest BCUT2D eigenvalue weighted by molar-refractivity contribution is 5.98. The molecule has 0 bridgehead atoms. The number of hydrogen-bond donors (Lipinski definition) is 0. The zero-order valence-electron chi connectivity index (χ0n) is 29.4. The number of nitrogens with zero attached hydrogens (tertiary/aromatic N) is 3. The first-order valence-corrected chi connectivity index (χ1v) is 18.3. The van der Waals surface area contributed by atoms with Gasteiger partial charge in [0.05, 0.1) is 16.9 Å². The second-order valence-corrected chi connectivity index (χ2v) is 13.7. The smallest absolute Gasteiger partial charge is 0.160 e. The Hall–Kier alpha value is -7.23. The Morgan fingerprint density at radius 3 is 1.31 bits per heavy atom. The number of aromatic nitrogens is 3. The van der Waals surface area contributed by atoms with Gasteiger partial charge in [-0.15, -0.1) is 0 Å². The summed E-state index contributed by atoms with van der Waals surface area (Å²) in [5.41, 5.74) is 12.7. The van der Waals surface area contributed by atoms with E-state index in [1.165, 1.54) is 38.2 Å². The van der Waals surface area contributed by atoms with Gasteiger partial charge < -0.3 is 0 Å². The normalized spacial score (nSPS) is 11.3. The molecule has 2 aromatic heterocycles.